The van der Waals surface area contributed by atoms with E-state index in [1.165, 1.54) is 11.8 Å². The van der Waals surface area contributed by atoms with E-state index >= 15 is 0 Å². The maximum atomic E-state index is 12.2. The van der Waals surface area contributed by atoms with Gasteiger partial charge in [0.1, 0.15) is 5.75 Å². The molecule has 0 bridgehead atoms. The van der Waals surface area contributed by atoms with Gasteiger partial charge in [-0.05, 0) is 49.7 Å². The first-order valence-electron chi connectivity index (χ1n) is 9.04. The number of thioether (sulfide) groups is 1. The van der Waals surface area contributed by atoms with Crippen LogP contribution in [-0.2, 0) is 4.79 Å². The molecule has 0 aliphatic carbocycles. The third-order valence-corrected chi connectivity index (χ3v) is 5.18. The average molecular weight is 398 g/mol. The zero-order chi connectivity index (χ0) is 19.9. The summed E-state index contributed by atoms with van der Waals surface area (Å²) in [5.41, 5.74) is 1.79. The van der Waals surface area contributed by atoms with Crippen LogP contribution in [-0.4, -0.2) is 44.6 Å². The van der Waals surface area contributed by atoms with Gasteiger partial charge in [0, 0.05) is 29.7 Å². The van der Waals surface area contributed by atoms with E-state index in [1.54, 1.807) is 19.5 Å². The molecule has 1 N–H and O–H groups in total. The maximum absolute atomic E-state index is 12.2. The number of hydrogen-bond donors (Lipinski definition) is 1. The third kappa shape index (κ3) is 4.69. The molecule has 1 atom stereocenters. The number of aromatic nitrogens is 4. The molecule has 3 rings (SSSR count). The van der Waals surface area contributed by atoms with E-state index in [-0.39, 0.29) is 17.7 Å². The minimum atomic E-state index is -0.0194. The van der Waals surface area contributed by atoms with Gasteiger partial charge >= 0.3 is 0 Å². The fourth-order valence-corrected chi connectivity index (χ4v) is 3.33. The van der Waals surface area contributed by atoms with Crippen molar-refractivity contribution in [3.63, 3.8) is 0 Å². The van der Waals surface area contributed by atoms with Gasteiger partial charge in [-0.15, -0.1) is 10.2 Å². The van der Waals surface area contributed by atoms with Crippen LogP contribution in [0.25, 0.3) is 17.1 Å². The number of pyridine rings is 1. The Morgan fingerprint density at radius 1 is 1.18 bits per heavy atom. The lowest BCUT2D eigenvalue weighted by atomic mass is 10.2. The van der Waals surface area contributed by atoms with Gasteiger partial charge in [-0.1, -0.05) is 18.7 Å². The largest absolute Gasteiger partial charge is 0.497 e. The van der Waals surface area contributed by atoms with E-state index in [1.807, 2.05) is 54.8 Å². The smallest absolute Gasteiger partial charge is 0.230 e. The topological polar surface area (TPSA) is 81.9 Å². The number of carbonyl (C=O) groups excluding carboxylic acids is 1. The third-order valence-electron chi connectivity index (χ3n) is 4.25. The predicted octanol–water partition coefficient (Wildman–Crippen LogP) is 3.34. The highest BCUT2D eigenvalue weighted by Gasteiger charge is 2.17. The van der Waals surface area contributed by atoms with Crippen molar-refractivity contribution in [3.8, 4) is 22.8 Å². The minimum absolute atomic E-state index is 0.0194. The van der Waals surface area contributed by atoms with Crippen LogP contribution in [0.15, 0.2) is 53.9 Å². The van der Waals surface area contributed by atoms with Crippen LogP contribution in [0.4, 0.5) is 0 Å². The summed E-state index contributed by atoms with van der Waals surface area (Å²) in [7, 11) is 1.63. The van der Waals surface area contributed by atoms with Crippen molar-refractivity contribution in [2.45, 2.75) is 31.5 Å². The van der Waals surface area contributed by atoms with Gasteiger partial charge in [0.25, 0.3) is 0 Å². The molecule has 0 spiro atoms. The zero-order valence-corrected chi connectivity index (χ0v) is 16.9. The molecule has 146 valence electrons. The summed E-state index contributed by atoms with van der Waals surface area (Å²) in [5.74, 6) is 1.71. The number of rotatable bonds is 8. The van der Waals surface area contributed by atoms with E-state index in [0.29, 0.717) is 11.0 Å². The molecule has 3 aromatic rings. The Labute approximate surface area is 168 Å². The van der Waals surface area contributed by atoms with Gasteiger partial charge < -0.3 is 10.1 Å². The summed E-state index contributed by atoms with van der Waals surface area (Å²) in [6.07, 6.45) is 4.33. The highest BCUT2D eigenvalue weighted by Crippen LogP contribution is 2.28. The highest BCUT2D eigenvalue weighted by atomic mass is 32.2. The van der Waals surface area contributed by atoms with Gasteiger partial charge in [0.2, 0.25) is 5.91 Å². The van der Waals surface area contributed by atoms with E-state index in [2.05, 4.69) is 20.5 Å². The molecular formula is C20H23N5O2S. The number of hydrogen-bond acceptors (Lipinski definition) is 6. The summed E-state index contributed by atoms with van der Waals surface area (Å²) < 4.78 is 7.19. The normalized spacial score (nSPS) is 11.8. The molecule has 2 heterocycles. The number of methoxy groups -OCH3 is 1. The van der Waals surface area contributed by atoms with E-state index in [0.717, 1.165) is 23.4 Å². The fourth-order valence-electron chi connectivity index (χ4n) is 2.56. The molecule has 0 unspecified atom stereocenters. The van der Waals surface area contributed by atoms with Crippen LogP contribution in [0.2, 0.25) is 0 Å². The first-order valence-corrected chi connectivity index (χ1v) is 10.0. The molecule has 1 aromatic carbocycles. The van der Waals surface area contributed by atoms with Crippen molar-refractivity contribution in [3.05, 3.63) is 48.8 Å². The molecule has 2 aromatic heterocycles. The molecule has 0 fully saturated rings. The van der Waals surface area contributed by atoms with Gasteiger partial charge in [-0.2, -0.15) is 0 Å². The monoisotopic (exact) mass is 397 g/mol. The number of nitrogens with zero attached hydrogens (tertiary/aromatic N) is 4. The first-order chi connectivity index (χ1) is 13.6. The molecule has 0 aliphatic rings. The Bertz CT molecular complexity index is 912. The van der Waals surface area contributed by atoms with Crippen LogP contribution in [0.1, 0.15) is 20.3 Å². The van der Waals surface area contributed by atoms with Crippen LogP contribution >= 0.6 is 11.8 Å². The van der Waals surface area contributed by atoms with Gasteiger partial charge in [-0.25, -0.2) is 0 Å². The molecule has 1 amide bonds. The van der Waals surface area contributed by atoms with Gasteiger partial charge in [0.15, 0.2) is 11.0 Å². The molecule has 7 nitrogen and oxygen atoms in total. The number of amides is 1. The van der Waals surface area contributed by atoms with Gasteiger partial charge in [0.05, 0.1) is 12.9 Å². The molecule has 0 saturated heterocycles. The van der Waals surface area contributed by atoms with E-state index in [9.17, 15) is 4.79 Å². The second kappa shape index (κ2) is 9.36. The van der Waals surface area contributed by atoms with Crippen molar-refractivity contribution < 1.29 is 9.53 Å². The Balaban J connectivity index is 1.91. The van der Waals surface area contributed by atoms with Crippen molar-refractivity contribution in [2.75, 3.05) is 12.9 Å². The minimum Gasteiger partial charge on any atom is -0.497 e. The second-order valence-corrected chi connectivity index (χ2v) is 7.18. The number of nitrogens with one attached hydrogen (secondary N) is 1. The molecular weight excluding hydrogens is 374 g/mol. The average Bonchev–Trinajstić information content (AvgIpc) is 3.16. The SMILES string of the molecule is CC[C@@H](C)NC(=O)CSc1nnc(-c2ccncc2)n1-c1ccc(OC)cc1. The second-order valence-electron chi connectivity index (χ2n) is 6.24. The number of ether oxygens (including phenoxy) is 1. The van der Waals surface area contributed by atoms with Crippen LogP contribution < -0.4 is 10.1 Å². The van der Waals surface area contributed by atoms with Crippen molar-refractivity contribution in [2.24, 2.45) is 0 Å². The summed E-state index contributed by atoms with van der Waals surface area (Å²) in [6.45, 7) is 4.03. The Morgan fingerprint density at radius 3 is 2.54 bits per heavy atom. The van der Waals surface area contributed by atoms with Crippen molar-refractivity contribution >= 4 is 17.7 Å². The Kier molecular flexibility index (Phi) is 6.65. The number of benzene rings is 1. The highest BCUT2D eigenvalue weighted by molar-refractivity contribution is 7.99. The lowest BCUT2D eigenvalue weighted by Gasteiger charge is -2.12. The standard InChI is InChI=1S/C20H23N5O2S/c1-4-14(2)22-18(26)13-28-20-24-23-19(15-9-11-21-12-10-15)25(20)16-5-7-17(27-3)8-6-16/h5-12,14H,4,13H2,1-3H3,(H,22,26)/t14-/m1/s1. The zero-order valence-electron chi connectivity index (χ0n) is 16.1. The Hall–Kier alpha value is -2.87. The summed E-state index contributed by atoms with van der Waals surface area (Å²) >= 11 is 1.36. The molecule has 0 radical (unpaired) electrons. The number of carbonyl (C=O) groups is 1. The Morgan fingerprint density at radius 2 is 1.89 bits per heavy atom. The predicted molar refractivity (Wildman–Crippen MR) is 110 cm³/mol. The van der Waals surface area contributed by atoms with E-state index < -0.39 is 0 Å². The fraction of sp³-hybridized carbons (Fsp3) is 0.300. The first kappa shape index (κ1) is 19.9. The molecule has 28 heavy (non-hydrogen) atoms. The van der Waals surface area contributed by atoms with E-state index in [4.69, 9.17) is 4.74 Å². The molecule has 0 saturated carbocycles. The summed E-state index contributed by atoms with van der Waals surface area (Å²) in [5, 5.41) is 12.3. The molecule has 0 aliphatic heterocycles. The lowest BCUT2D eigenvalue weighted by molar-refractivity contribution is -0.119. The lowest BCUT2D eigenvalue weighted by Crippen LogP contribution is -2.33. The summed E-state index contributed by atoms with van der Waals surface area (Å²) in [6, 6.07) is 11.6. The molecule has 8 heteroatoms. The van der Waals surface area contributed by atoms with Crippen LogP contribution in [0.3, 0.4) is 0 Å². The quantitative estimate of drug-likeness (QED) is 0.587. The van der Waals surface area contributed by atoms with Crippen LogP contribution in [0, 0.1) is 0 Å². The summed E-state index contributed by atoms with van der Waals surface area (Å²) in [4.78, 5) is 16.2. The van der Waals surface area contributed by atoms with Crippen molar-refractivity contribution in [1.29, 1.82) is 0 Å². The van der Waals surface area contributed by atoms with Crippen LogP contribution in [0.5, 0.6) is 5.75 Å². The van der Waals surface area contributed by atoms with Gasteiger partial charge in [-0.3, -0.25) is 14.3 Å². The maximum Gasteiger partial charge on any atom is 0.230 e. The van der Waals surface area contributed by atoms with Crippen molar-refractivity contribution in [1.82, 2.24) is 25.1 Å².